The number of carbonyl (C=O) groups excluding carboxylic acids is 1. The van der Waals surface area contributed by atoms with Crippen molar-refractivity contribution in [3.8, 4) is 0 Å². The largest absolute Gasteiger partial charge is 0.386 e. The van der Waals surface area contributed by atoms with Gasteiger partial charge in [-0.2, -0.15) is 0 Å². The Morgan fingerprint density at radius 3 is 2.55 bits per heavy atom. The topological polar surface area (TPSA) is 49.3 Å². The average Bonchev–Trinajstić information content (AvgIpc) is 2.49. The molecule has 0 saturated carbocycles. The maximum atomic E-state index is 13.4. The second-order valence-corrected chi connectivity index (χ2v) is 4.75. The molecule has 2 aromatic rings. The van der Waals surface area contributed by atoms with Crippen LogP contribution in [-0.4, -0.2) is 17.6 Å². The van der Waals surface area contributed by atoms with Crippen molar-refractivity contribution in [1.82, 2.24) is 5.32 Å². The highest BCUT2D eigenvalue weighted by Gasteiger charge is 2.14. The van der Waals surface area contributed by atoms with Gasteiger partial charge >= 0.3 is 0 Å². The Bertz CT molecular complexity index is 676. The fourth-order valence-corrected chi connectivity index (χ4v) is 1.98. The van der Waals surface area contributed by atoms with Crippen molar-refractivity contribution >= 4 is 5.91 Å². The lowest BCUT2D eigenvalue weighted by atomic mass is 10.1. The highest BCUT2D eigenvalue weighted by Crippen LogP contribution is 2.16. The van der Waals surface area contributed by atoms with Crippen LogP contribution in [0.25, 0.3) is 0 Å². The van der Waals surface area contributed by atoms with Crippen LogP contribution in [0.3, 0.4) is 0 Å². The van der Waals surface area contributed by atoms with Gasteiger partial charge in [0.1, 0.15) is 17.5 Å². The zero-order valence-electron chi connectivity index (χ0n) is 11.5. The molecule has 0 heterocycles. The summed E-state index contributed by atoms with van der Waals surface area (Å²) in [5, 5.41) is 12.2. The van der Waals surface area contributed by atoms with Gasteiger partial charge in [0.05, 0.1) is 12.5 Å². The van der Waals surface area contributed by atoms with Crippen molar-refractivity contribution in [1.29, 1.82) is 0 Å². The number of aliphatic hydroxyl groups excluding tert-OH is 1. The molecule has 0 aliphatic carbocycles. The molecule has 1 amide bonds. The fourth-order valence-electron chi connectivity index (χ4n) is 1.98. The third-order valence-corrected chi connectivity index (χ3v) is 3.12. The Morgan fingerprint density at radius 1 is 1.09 bits per heavy atom. The van der Waals surface area contributed by atoms with Gasteiger partial charge in [0.25, 0.3) is 0 Å². The molecule has 2 rings (SSSR count). The fraction of sp³-hybridized carbons (Fsp3) is 0.188. The zero-order valence-corrected chi connectivity index (χ0v) is 11.5. The Hall–Kier alpha value is -2.34. The summed E-state index contributed by atoms with van der Waals surface area (Å²) in [4.78, 5) is 11.7. The Balaban J connectivity index is 1.93. The van der Waals surface area contributed by atoms with E-state index in [0.717, 1.165) is 18.2 Å². The second-order valence-electron chi connectivity index (χ2n) is 4.75. The van der Waals surface area contributed by atoms with E-state index in [9.17, 15) is 23.1 Å². The normalized spacial score (nSPS) is 12.0. The Morgan fingerprint density at radius 2 is 1.82 bits per heavy atom. The van der Waals surface area contributed by atoms with Gasteiger partial charge in [-0.3, -0.25) is 4.79 Å². The number of benzene rings is 2. The molecular formula is C16H14F3NO2. The number of aliphatic hydroxyl groups is 1. The second kappa shape index (κ2) is 7.09. The third-order valence-electron chi connectivity index (χ3n) is 3.12. The smallest absolute Gasteiger partial charge is 0.224 e. The van der Waals surface area contributed by atoms with E-state index in [4.69, 9.17) is 0 Å². The van der Waals surface area contributed by atoms with E-state index < -0.39 is 29.5 Å². The molecule has 3 nitrogen and oxygen atoms in total. The first-order chi connectivity index (χ1) is 10.5. The lowest BCUT2D eigenvalue weighted by molar-refractivity contribution is -0.121. The molecule has 116 valence electrons. The van der Waals surface area contributed by atoms with Crippen molar-refractivity contribution in [2.24, 2.45) is 0 Å². The summed E-state index contributed by atoms with van der Waals surface area (Å²) in [6, 6.07) is 8.47. The quantitative estimate of drug-likeness (QED) is 0.891. The van der Waals surface area contributed by atoms with Crippen LogP contribution in [0.1, 0.15) is 17.2 Å². The summed E-state index contributed by atoms with van der Waals surface area (Å²) < 4.78 is 39.8. The SMILES string of the molecule is O=C(Cc1cc(F)ccc1F)NCC(O)c1ccccc1F. The molecule has 0 aliphatic heterocycles. The van der Waals surface area contributed by atoms with Crippen LogP contribution in [-0.2, 0) is 11.2 Å². The van der Waals surface area contributed by atoms with Crippen molar-refractivity contribution in [3.63, 3.8) is 0 Å². The minimum absolute atomic E-state index is 0.0553. The number of nitrogens with one attached hydrogen (secondary N) is 1. The highest BCUT2D eigenvalue weighted by atomic mass is 19.1. The molecule has 2 N–H and O–H groups in total. The molecule has 1 atom stereocenters. The van der Waals surface area contributed by atoms with Crippen LogP contribution in [0, 0.1) is 17.5 Å². The molecule has 0 bridgehead atoms. The molecule has 0 saturated heterocycles. The third kappa shape index (κ3) is 4.08. The van der Waals surface area contributed by atoms with E-state index in [-0.39, 0.29) is 24.1 Å². The predicted octanol–water partition coefficient (Wildman–Crippen LogP) is 2.50. The number of hydrogen-bond donors (Lipinski definition) is 2. The van der Waals surface area contributed by atoms with E-state index in [1.54, 1.807) is 6.07 Å². The van der Waals surface area contributed by atoms with Gasteiger partial charge < -0.3 is 10.4 Å². The van der Waals surface area contributed by atoms with E-state index in [1.165, 1.54) is 18.2 Å². The van der Waals surface area contributed by atoms with Crippen LogP contribution >= 0.6 is 0 Å². The van der Waals surface area contributed by atoms with Gasteiger partial charge in [0, 0.05) is 17.7 Å². The summed E-state index contributed by atoms with van der Waals surface area (Å²) in [6.45, 7) is -0.225. The van der Waals surface area contributed by atoms with E-state index >= 15 is 0 Å². The number of halogens is 3. The van der Waals surface area contributed by atoms with E-state index in [2.05, 4.69) is 5.32 Å². The highest BCUT2D eigenvalue weighted by molar-refractivity contribution is 5.78. The van der Waals surface area contributed by atoms with Gasteiger partial charge in [-0.05, 0) is 24.3 Å². The first kappa shape index (κ1) is 16.0. The number of hydrogen-bond acceptors (Lipinski definition) is 2. The molecule has 1 unspecified atom stereocenters. The van der Waals surface area contributed by atoms with Crippen LogP contribution < -0.4 is 5.32 Å². The van der Waals surface area contributed by atoms with Gasteiger partial charge in [-0.15, -0.1) is 0 Å². The summed E-state index contributed by atoms with van der Waals surface area (Å²) >= 11 is 0. The minimum Gasteiger partial charge on any atom is -0.386 e. The molecular weight excluding hydrogens is 295 g/mol. The van der Waals surface area contributed by atoms with E-state index in [0.29, 0.717) is 0 Å². The molecule has 0 aromatic heterocycles. The maximum Gasteiger partial charge on any atom is 0.224 e. The van der Waals surface area contributed by atoms with Crippen molar-refractivity contribution in [2.75, 3.05) is 6.54 Å². The molecule has 22 heavy (non-hydrogen) atoms. The van der Waals surface area contributed by atoms with Gasteiger partial charge in [0.15, 0.2) is 0 Å². The van der Waals surface area contributed by atoms with Gasteiger partial charge in [-0.25, -0.2) is 13.2 Å². The molecule has 6 heteroatoms. The van der Waals surface area contributed by atoms with Crippen molar-refractivity contribution < 1.29 is 23.1 Å². The van der Waals surface area contributed by atoms with Crippen LogP contribution in [0.4, 0.5) is 13.2 Å². The summed E-state index contributed by atoms with van der Waals surface area (Å²) in [5.41, 5.74) is -0.0300. The number of rotatable bonds is 5. The molecule has 0 aliphatic rings. The predicted molar refractivity (Wildman–Crippen MR) is 74.4 cm³/mol. The van der Waals surface area contributed by atoms with E-state index in [1.807, 2.05) is 0 Å². The number of amides is 1. The van der Waals surface area contributed by atoms with Crippen molar-refractivity contribution in [2.45, 2.75) is 12.5 Å². The summed E-state index contributed by atoms with van der Waals surface area (Å²) in [6.07, 6.45) is -1.59. The average molecular weight is 309 g/mol. The molecule has 2 aromatic carbocycles. The standard InChI is InChI=1S/C16H14F3NO2/c17-11-5-6-13(18)10(7-11)8-16(22)20-9-15(21)12-3-1-2-4-14(12)19/h1-7,15,21H,8-9H2,(H,20,22). The van der Waals surface area contributed by atoms with Crippen LogP contribution in [0.5, 0.6) is 0 Å². The lowest BCUT2D eigenvalue weighted by Gasteiger charge is -2.13. The monoisotopic (exact) mass is 309 g/mol. The first-order valence-corrected chi connectivity index (χ1v) is 6.60. The number of carbonyl (C=O) groups is 1. The van der Waals surface area contributed by atoms with Gasteiger partial charge in [-0.1, -0.05) is 18.2 Å². The minimum atomic E-state index is -1.22. The summed E-state index contributed by atoms with van der Waals surface area (Å²) in [7, 11) is 0. The molecule has 0 fully saturated rings. The molecule has 0 spiro atoms. The Labute approximate surface area is 125 Å². The first-order valence-electron chi connectivity index (χ1n) is 6.60. The maximum absolute atomic E-state index is 13.4. The van der Waals surface area contributed by atoms with Gasteiger partial charge in [0.2, 0.25) is 5.91 Å². The van der Waals surface area contributed by atoms with Crippen LogP contribution in [0.15, 0.2) is 42.5 Å². The lowest BCUT2D eigenvalue weighted by Crippen LogP contribution is -2.30. The van der Waals surface area contributed by atoms with Crippen molar-refractivity contribution in [3.05, 3.63) is 71.0 Å². The molecule has 0 radical (unpaired) electrons. The van der Waals surface area contributed by atoms with Crippen LogP contribution in [0.2, 0.25) is 0 Å². The summed E-state index contributed by atoms with van der Waals surface area (Å²) in [5.74, 6) is -2.51. The Kier molecular flexibility index (Phi) is 5.16. The zero-order chi connectivity index (χ0) is 16.1.